The first-order chi connectivity index (χ1) is 18.7. The van der Waals surface area contributed by atoms with Gasteiger partial charge in [-0.05, 0) is 48.9 Å². The van der Waals surface area contributed by atoms with Crippen molar-refractivity contribution < 1.29 is 36.1 Å². The van der Waals surface area contributed by atoms with Crippen molar-refractivity contribution in [2.24, 2.45) is 11.8 Å². The first-order valence-electron chi connectivity index (χ1n) is 13.0. The summed E-state index contributed by atoms with van der Waals surface area (Å²) in [5, 5.41) is 14.0. The largest absolute Gasteiger partial charge is 0.416 e. The van der Waals surface area contributed by atoms with Crippen LogP contribution in [0.1, 0.15) is 18.9 Å². The Morgan fingerprint density at radius 1 is 1.07 bits per heavy atom. The topological polar surface area (TPSA) is 82.0 Å². The van der Waals surface area contributed by atoms with Gasteiger partial charge in [-0.3, -0.25) is 19.8 Å². The van der Waals surface area contributed by atoms with Gasteiger partial charge >= 0.3 is 12.4 Å². The van der Waals surface area contributed by atoms with Crippen LogP contribution in [-0.4, -0.2) is 84.7 Å². The highest BCUT2D eigenvalue weighted by Gasteiger charge is 2.49. The average molecular weight is 576 g/mol. The Kier molecular flexibility index (Phi) is 8.66. The smallest absolute Gasteiger partial charge is 0.381 e. The van der Waals surface area contributed by atoms with Crippen LogP contribution in [0.3, 0.4) is 0 Å². The lowest BCUT2D eigenvalue weighted by Crippen LogP contribution is -2.49. The SMILES string of the molecule is CC(CN1CCN(c2ccc(C(F)(F)F)cc2)CC1)C(=O)N1CC[C@@H](NC2=CC(C(F)(F)F)C([N+](=O)[O-])C=C2)C1. The van der Waals surface area contributed by atoms with E-state index in [-0.39, 0.29) is 23.6 Å². The van der Waals surface area contributed by atoms with Crippen molar-refractivity contribution in [1.82, 2.24) is 15.1 Å². The molecule has 0 saturated carbocycles. The molecule has 1 aromatic rings. The second-order valence-electron chi connectivity index (χ2n) is 10.5. The Morgan fingerprint density at radius 3 is 2.30 bits per heavy atom. The predicted molar refractivity (Wildman–Crippen MR) is 135 cm³/mol. The average Bonchev–Trinajstić information content (AvgIpc) is 3.36. The number of nitrogens with one attached hydrogen (secondary N) is 1. The highest BCUT2D eigenvalue weighted by atomic mass is 19.4. The molecule has 2 aliphatic heterocycles. The lowest BCUT2D eigenvalue weighted by atomic mass is 9.93. The van der Waals surface area contributed by atoms with Crippen molar-refractivity contribution in [2.45, 2.75) is 37.8 Å². The molecule has 1 amide bonds. The number of nitro groups is 1. The Hall–Kier alpha value is -3.29. The van der Waals surface area contributed by atoms with Gasteiger partial charge in [0.05, 0.1) is 5.56 Å². The standard InChI is InChI=1S/C26H31F6N5O3/c1-17(15-34-10-12-35(13-11-34)21-5-2-18(3-6-21)25(27,28)29)24(38)36-9-8-20(16-36)33-19-4-7-23(37(39)40)22(14-19)26(30,31)32/h2-7,14,17,20,22-23,33H,8-13,15-16H2,1H3/t17?,20-,22?,23?/m1/s1. The fourth-order valence-electron chi connectivity index (χ4n) is 5.40. The molecule has 2 fully saturated rings. The zero-order valence-corrected chi connectivity index (χ0v) is 21.8. The Balaban J connectivity index is 1.24. The third-order valence-corrected chi connectivity index (χ3v) is 7.58. The molecule has 4 atom stereocenters. The maximum Gasteiger partial charge on any atom is 0.416 e. The zero-order chi connectivity index (χ0) is 29.2. The van der Waals surface area contributed by atoms with Crippen LogP contribution in [0.25, 0.3) is 0 Å². The summed E-state index contributed by atoms with van der Waals surface area (Å²) in [6, 6.07) is 2.92. The van der Waals surface area contributed by atoms with E-state index in [0.717, 1.165) is 24.3 Å². The third-order valence-electron chi connectivity index (χ3n) is 7.58. The summed E-state index contributed by atoms with van der Waals surface area (Å²) in [6.07, 6.45) is -5.54. The molecular weight excluding hydrogens is 544 g/mol. The van der Waals surface area contributed by atoms with Gasteiger partial charge in [-0.2, -0.15) is 26.3 Å². The number of piperazine rings is 1. The van der Waals surface area contributed by atoms with Crippen LogP contribution in [0.2, 0.25) is 0 Å². The molecule has 2 heterocycles. The first kappa shape index (κ1) is 29.7. The van der Waals surface area contributed by atoms with Gasteiger partial charge in [0.25, 0.3) is 0 Å². The number of hydrogen-bond acceptors (Lipinski definition) is 6. The zero-order valence-electron chi connectivity index (χ0n) is 21.8. The van der Waals surface area contributed by atoms with Crippen molar-refractivity contribution in [3.63, 3.8) is 0 Å². The number of hydrogen-bond donors (Lipinski definition) is 1. The summed E-state index contributed by atoms with van der Waals surface area (Å²) < 4.78 is 78.5. The minimum absolute atomic E-state index is 0.0655. The molecule has 1 N–H and O–H groups in total. The lowest BCUT2D eigenvalue weighted by Gasteiger charge is -2.37. The van der Waals surface area contributed by atoms with E-state index in [0.29, 0.717) is 57.9 Å². The van der Waals surface area contributed by atoms with Crippen molar-refractivity contribution in [3.8, 4) is 0 Å². The summed E-state index contributed by atoms with van der Waals surface area (Å²) in [7, 11) is 0. The van der Waals surface area contributed by atoms with Crippen LogP contribution in [0.5, 0.6) is 0 Å². The molecule has 40 heavy (non-hydrogen) atoms. The van der Waals surface area contributed by atoms with Gasteiger partial charge in [-0.15, -0.1) is 0 Å². The first-order valence-corrected chi connectivity index (χ1v) is 13.0. The van der Waals surface area contributed by atoms with Gasteiger partial charge < -0.3 is 15.1 Å². The minimum atomic E-state index is -4.76. The van der Waals surface area contributed by atoms with Crippen LogP contribution < -0.4 is 10.2 Å². The third kappa shape index (κ3) is 7.07. The Morgan fingerprint density at radius 2 is 1.73 bits per heavy atom. The fourth-order valence-corrected chi connectivity index (χ4v) is 5.40. The van der Waals surface area contributed by atoms with E-state index in [1.54, 1.807) is 4.90 Å². The molecule has 4 rings (SSSR count). The predicted octanol–water partition coefficient (Wildman–Crippen LogP) is 3.93. The summed E-state index contributed by atoms with van der Waals surface area (Å²) in [5.74, 6) is -2.61. The summed E-state index contributed by atoms with van der Waals surface area (Å²) >= 11 is 0. The van der Waals surface area contributed by atoms with Crippen molar-refractivity contribution >= 4 is 11.6 Å². The van der Waals surface area contributed by atoms with Gasteiger partial charge in [-0.1, -0.05) is 6.92 Å². The van der Waals surface area contributed by atoms with E-state index in [9.17, 15) is 41.3 Å². The van der Waals surface area contributed by atoms with Crippen LogP contribution in [0.15, 0.2) is 48.2 Å². The molecular formula is C26H31F6N5O3. The van der Waals surface area contributed by atoms with Gasteiger partial charge in [-0.25, -0.2) is 0 Å². The van der Waals surface area contributed by atoms with Crippen LogP contribution in [-0.2, 0) is 11.0 Å². The molecule has 3 aliphatic rings. The minimum Gasteiger partial charge on any atom is -0.381 e. The van der Waals surface area contributed by atoms with Crippen LogP contribution in [0, 0.1) is 22.0 Å². The van der Waals surface area contributed by atoms with E-state index in [2.05, 4.69) is 10.2 Å². The van der Waals surface area contributed by atoms with Gasteiger partial charge in [0.1, 0.15) is 5.92 Å². The summed E-state index contributed by atoms with van der Waals surface area (Å²) in [4.78, 5) is 29.0. The normalized spacial score (nSPS) is 25.1. The molecule has 1 aromatic carbocycles. The number of nitrogens with zero attached hydrogens (tertiary/aromatic N) is 4. The van der Waals surface area contributed by atoms with E-state index in [1.165, 1.54) is 18.2 Å². The highest BCUT2D eigenvalue weighted by Crippen LogP contribution is 2.35. The quantitative estimate of drug-likeness (QED) is 0.302. The molecule has 2 saturated heterocycles. The number of carbonyl (C=O) groups excluding carboxylic acids is 1. The van der Waals surface area contributed by atoms with Crippen molar-refractivity contribution in [1.29, 1.82) is 0 Å². The second-order valence-corrected chi connectivity index (χ2v) is 10.5. The molecule has 8 nitrogen and oxygen atoms in total. The van der Waals surface area contributed by atoms with E-state index in [4.69, 9.17) is 0 Å². The van der Waals surface area contributed by atoms with E-state index >= 15 is 0 Å². The molecule has 220 valence electrons. The molecule has 0 aromatic heterocycles. The number of likely N-dealkylation sites (tertiary alicyclic amines) is 1. The summed E-state index contributed by atoms with van der Waals surface area (Å²) in [5.41, 5.74) is 0.173. The number of carbonyl (C=O) groups is 1. The monoisotopic (exact) mass is 575 g/mol. The molecule has 0 spiro atoms. The van der Waals surface area contributed by atoms with Gasteiger partial charge in [0.2, 0.25) is 11.9 Å². The Bertz CT molecular complexity index is 1130. The lowest BCUT2D eigenvalue weighted by molar-refractivity contribution is -0.525. The molecule has 1 aliphatic carbocycles. The Labute approximate surface area is 227 Å². The fraction of sp³-hybridized carbons (Fsp3) is 0.577. The second kappa shape index (κ2) is 11.7. The van der Waals surface area contributed by atoms with E-state index in [1.807, 2.05) is 11.8 Å². The number of rotatable bonds is 7. The molecule has 14 heteroatoms. The number of allylic oxidation sites excluding steroid dienone is 1. The van der Waals surface area contributed by atoms with E-state index < -0.39 is 34.8 Å². The van der Waals surface area contributed by atoms with Crippen LogP contribution in [0.4, 0.5) is 32.0 Å². The number of anilines is 1. The molecule has 0 bridgehead atoms. The number of halogens is 6. The summed E-state index contributed by atoms with van der Waals surface area (Å²) in [6.45, 7) is 5.61. The van der Waals surface area contributed by atoms with Gasteiger partial charge in [0, 0.05) is 74.1 Å². The number of alkyl halides is 6. The maximum atomic E-state index is 13.3. The molecule has 0 radical (unpaired) electrons. The highest BCUT2D eigenvalue weighted by molar-refractivity contribution is 5.79. The van der Waals surface area contributed by atoms with Crippen molar-refractivity contribution in [2.75, 3.05) is 50.7 Å². The number of amides is 1. The van der Waals surface area contributed by atoms with Gasteiger partial charge in [0.15, 0.2) is 0 Å². The van der Waals surface area contributed by atoms with Crippen LogP contribution >= 0.6 is 0 Å². The van der Waals surface area contributed by atoms with Crippen molar-refractivity contribution in [3.05, 3.63) is 63.9 Å². The maximum absolute atomic E-state index is 13.3. The number of benzene rings is 1. The molecule has 3 unspecified atom stereocenters.